The predicted octanol–water partition coefficient (Wildman–Crippen LogP) is 5.07. The van der Waals surface area contributed by atoms with E-state index in [2.05, 4.69) is 0 Å². The first kappa shape index (κ1) is 19.4. The van der Waals surface area contributed by atoms with E-state index in [9.17, 15) is 9.59 Å². The molecule has 0 fully saturated rings. The first-order chi connectivity index (χ1) is 13.7. The fraction of sp³-hybridized carbons (Fsp3) is 0.167. The Morgan fingerprint density at radius 1 is 0.821 bits per heavy atom. The van der Waals surface area contributed by atoms with Crippen molar-refractivity contribution >= 4 is 11.8 Å². The van der Waals surface area contributed by atoms with Crippen LogP contribution in [0.25, 0.3) is 11.1 Å². The Bertz CT molecular complexity index is 930. The fourth-order valence-electron chi connectivity index (χ4n) is 2.89. The molecule has 0 atom stereocenters. The van der Waals surface area contributed by atoms with Gasteiger partial charge in [-0.25, -0.2) is 0 Å². The highest BCUT2D eigenvalue weighted by atomic mass is 16.5. The Morgan fingerprint density at radius 2 is 1.50 bits per heavy atom. The van der Waals surface area contributed by atoms with Crippen molar-refractivity contribution in [1.82, 2.24) is 0 Å². The number of ketones is 1. The van der Waals surface area contributed by atoms with Gasteiger partial charge in [0.1, 0.15) is 18.8 Å². The molecule has 0 spiro atoms. The Kier molecular flexibility index (Phi) is 6.58. The third kappa shape index (κ3) is 5.07. The van der Waals surface area contributed by atoms with Crippen molar-refractivity contribution in [3.63, 3.8) is 0 Å². The maximum absolute atomic E-state index is 12.5. The van der Waals surface area contributed by atoms with Gasteiger partial charge in [-0.15, -0.1) is 0 Å². The molecule has 4 heteroatoms. The molecule has 3 aromatic rings. The topological polar surface area (TPSA) is 52.6 Å². The van der Waals surface area contributed by atoms with Crippen molar-refractivity contribution in [1.29, 1.82) is 0 Å². The smallest absolute Gasteiger partial charge is 0.313 e. The monoisotopic (exact) mass is 374 g/mol. The molecule has 0 aliphatic carbocycles. The number of rotatable bonds is 8. The standard InChI is InChI=1S/C24H22O4/c1-2-27-24(26)16-23(25)22-11-7-6-10-21(22)19-12-14-20(15-13-19)28-17-18-8-4-3-5-9-18/h3-15H,2,16-17H2,1H3. The summed E-state index contributed by atoms with van der Waals surface area (Å²) in [7, 11) is 0. The molecule has 0 aliphatic rings. The Morgan fingerprint density at radius 3 is 2.21 bits per heavy atom. The summed E-state index contributed by atoms with van der Waals surface area (Å²) in [6, 6.07) is 24.8. The van der Waals surface area contributed by atoms with Gasteiger partial charge < -0.3 is 9.47 Å². The second-order valence-corrected chi connectivity index (χ2v) is 6.25. The first-order valence-electron chi connectivity index (χ1n) is 9.22. The highest BCUT2D eigenvalue weighted by molar-refractivity contribution is 6.09. The van der Waals surface area contributed by atoms with Gasteiger partial charge in [0.25, 0.3) is 0 Å². The van der Waals surface area contributed by atoms with E-state index in [1.54, 1.807) is 19.1 Å². The predicted molar refractivity (Wildman–Crippen MR) is 108 cm³/mol. The van der Waals surface area contributed by atoms with Crippen LogP contribution in [0.2, 0.25) is 0 Å². The number of esters is 1. The molecular formula is C24H22O4. The molecule has 0 aromatic heterocycles. The largest absolute Gasteiger partial charge is 0.489 e. The van der Waals surface area contributed by atoms with E-state index in [1.165, 1.54) is 0 Å². The lowest BCUT2D eigenvalue weighted by molar-refractivity contribution is -0.141. The van der Waals surface area contributed by atoms with Gasteiger partial charge >= 0.3 is 5.97 Å². The number of carbonyl (C=O) groups excluding carboxylic acids is 2. The highest BCUT2D eigenvalue weighted by Gasteiger charge is 2.16. The van der Waals surface area contributed by atoms with Crippen LogP contribution in [0.5, 0.6) is 5.75 Å². The average molecular weight is 374 g/mol. The third-order valence-electron chi connectivity index (χ3n) is 4.25. The van der Waals surface area contributed by atoms with Crippen LogP contribution < -0.4 is 4.74 Å². The van der Waals surface area contributed by atoms with E-state index < -0.39 is 5.97 Å². The van der Waals surface area contributed by atoms with Crippen LogP contribution in [0, 0.1) is 0 Å². The molecule has 142 valence electrons. The van der Waals surface area contributed by atoms with Gasteiger partial charge in [0, 0.05) is 5.56 Å². The summed E-state index contributed by atoms with van der Waals surface area (Å²) in [6.07, 6.45) is -0.261. The van der Waals surface area contributed by atoms with Crippen LogP contribution in [0.3, 0.4) is 0 Å². The molecule has 28 heavy (non-hydrogen) atoms. The zero-order valence-corrected chi connectivity index (χ0v) is 15.8. The minimum atomic E-state index is -0.507. The van der Waals surface area contributed by atoms with E-state index in [-0.39, 0.29) is 18.8 Å². The Hall–Kier alpha value is -3.40. The molecule has 3 aromatic carbocycles. The van der Waals surface area contributed by atoms with Crippen LogP contribution in [-0.2, 0) is 16.1 Å². The van der Waals surface area contributed by atoms with E-state index in [0.717, 1.165) is 22.4 Å². The molecule has 0 amide bonds. The molecule has 3 rings (SSSR count). The number of benzene rings is 3. The normalized spacial score (nSPS) is 10.3. The van der Waals surface area contributed by atoms with Crippen LogP contribution in [0.15, 0.2) is 78.9 Å². The molecular weight excluding hydrogens is 352 g/mol. The summed E-state index contributed by atoms with van der Waals surface area (Å²) in [5, 5.41) is 0. The highest BCUT2D eigenvalue weighted by Crippen LogP contribution is 2.27. The minimum Gasteiger partial charge on any atom is -0.489 e. The minimum absolute atomic E-state index is 0.251. The molecule has 0 saturated heterocycles. The fourth-order valence-corrected chi connectivity index (χ4v) is 2.89. The van der Waals surface area contributed by atoms with Crippen molar-refractivity contribution in [2.24, 2.45) is 0 Å². The Balaban J connectivity index is 1.73. The van der Waals surface area contributed by atoms with Crippen molar-refractivity contribution in [2.45, 2.75) is 20.0 Å². The zero-order valence-electron chi connectivity index (χ0n) is 15.8. The molecule has 4 nitrogen and oxygen atoms in total. The van der Waals surface area contributed by atoms with Crippen molar-refractivity contribution in [3.8, 4) is 16.9 Å². The van der Waals surface area contributed by atoms with E-state index in [1.807, 2.05) is 66.7 Å². The zero-order chi connectivity index (χ0) is 19.8. The van der Waals surface area contributed by atoms with Crippen LogP contribution in [-0.4, -0.2) is 18.4 Å². The quantitative estimate of drug-likeness (QED) is 0.314. The van der Waals surface area contributed by atoms with Gasteiger partial charge in [-0.1, -0.05) is 66.7 Å². The molecule has 0 unspecified atom stereocenters. The molecule has 0 bridgehead atoms. The number of ether oxygens (including phenoxy) is 2. The first-order valence-corrected chi connectivity index (χ1v) is 9.22. The van der Waals surface area contributed by atoms with Gasteiger partial charge in [-0.05, 0) is 35.7 Å². The number of hydrogen-bond acceptors (Lipinski definition) is 4. The van der Waals surface area contributed by atoms with Crippen LogP contribution >= 0.6 is 0 Å². The lowest BCUT2D eigenvalue weighted by Gasteiger charge is -2.11. The summed E-state index contributed by atoms with van der Waals surface area (Å²) in [4.78, 5) is 24.2. The van der Waals surface area contributed by atoms with Crippen molar-refractivity contribution in [2.75, 3.05) is 6.61 Å². The summed E-state index contributed by atoms with van der Waals surface area (Å²) in [6.45, 7) is 2.48. The van der Waals surface area contributed by atoms with Gasteiger partial charge in [0.15, 0.2) is 5.78 Å². The molecule has 0 heterocycles. The van der Waals surface area contributed by atoms with E-state index >= 15 is 0 Å². The summed E-state index contributed by atoms with van der Waals surface area (Å²) >= 11 is 0. The molecule has 0 saturated carbocycles. The number of carbonyl (C=O) groups is 2. The molecule has 0 N–H and O–H groups in total. The molecule has 0 radical (unpaired) electrons. The molecule has 0 aliphatic heterocycles. The summed E-state index contributed by atoms with van der Waals surface area (Å²) in [5.74, 6) is -0.00616. The third-order valence-corrected chi connectivity index (χ3v) is 4.25. The second-order valence-electron chi connectivity index (χ2n) is 6.25. The number of Topliss-reactive ketones (excluding diaryl/α,β-unsaturated/α-hetero) is 1. The second kappa shape index (κ2) is 9.51. The van der Waals surface area contributed by atoms with Crippen LogP contribution in [0.1, 0.15) is 29.3 Å². The SMILES string of the molecule is CCOC(=O)CC(=O)c1ccccc1-c1ccc(OCc2ccccc2)cc1. The van der Waals surface area contributed by atoms with Gasteiger partial charge in [-0.2, -0.15) is 0 Å². The van der Waals surface area contributed by atoms with E-state index in [4.69, 9.17) is 9.47 Å². The average Bonchev–Trinajstić information content (AvgIpc) is 2.73. The number of hydrogen-bond donors (Lipinski definition) is 0. The van der Waals surface area contributed by atoms with Gasteiger partial charge in [0.2, 0.25) is 0 Å². The maximum atomic E-state index is 12.5. The lowest BCUT2D eigenvalue weighted by atomic mass is 9.96. The van der Waals surface area contributed by atoms with Gasteiger partial charge in [0.05, 0.1) is 6.61 Å². The van der Waals surface area contributed by atoms with E-state index in [0.29, 0.717) is 12.2 Å². The van der Waals surface area contributed by atoms with Crippen molar-refractivity contribution in [3.05, 3.63) is 90.0 Å². The maximum Gasteiger partial charge on any atom is 0.313 e. The van der Waals surface area contributed by atoms with Crippen LogP contribution in [0.4, 0.5) is 0 Å². The summed E-state index contributed by atoms with van der Waals surface area (Å²) < 4.78 is 10.7. The van der Waals surface area contributed by atoms with Crippen molar-refractivity contribution < 1.29 is 19.1 Å². The lowest BCUT2D eigenvalue weighted by Crippen LogP contribution is -2.12. The summed E-state index contributed by atoms with van der Waals surface area (Å²) in [5.41, 5.74) is 3.28. The van der Waals surface area contributed by atoms with Gasteiger partial charge in [-0.3, -0.25) is 9.59 Å². The Labute approximate surface area is 164 Å².